The van der Waals surface area contributed by atoms with Crippen LogP contribution in [-0.2, 0) is 19.5 Å². The van der Waals surface area contributed by atoms with Crippen LogP contribution in [0.15, 0.2) is 48.5 Å². The number of benzene rings is 2. The Hall–Kier alpha value is -1.91. The molecule has 0 bridgehead atoms. The third-order valence-electron chi connectivity index (χ3n) is 4.47. The van der Waals surface area contributed by atoms with Crippen molar-refractivity contribution >= 4 is 23.0 Å². The van der Waals surface area contributed by atoms with Gasteiger partial charge in [0.25, 0.3) is 0 Å². The van der Waals surface area contributed by atoms with Crippen LogP contribution in [0, 0.1) is 0 Å². The summed E-state index contributed by atoms with van der Waals surface area (Å²) < 4.78 is 0. The fraction of sp³-hybridized carbons (Fsp3) is 0.381. The number of nitrogens with zero attached hydrogens (tertiary/aromatic N) is 1. The van der Waals surface area contributed by atoms with E-state index in [0.717, 1.165) is 38.3 Å². The Morgan fingerprint density at radius 2 is 1.56 bits per heavy atom. The van der Waals surface area contributed by atoms with E-state index in [9.17, 15) is 0 Å². The van der Waals surface area contributed by atoms with Crippen molar-refractivity contribution in [3.05, 3.63) is 65.2 Å². The Balaban J connectivity index is 1.92. The first-order valence-electron chi connectivity index (χ1n) is 9.09. The van der Waals surface area contributed by atoms with Crippen LogP contribution >= 0.6 is 12.2 Å². The van der Waals surface area contributed by atoms with Crippen molar-refractivity contribution < 1.29 is 0 Å². The number of thiocarbonyl (C=S) groups is 1. The highest BCUT2D eigenvalue weighted by atomic mass is 32.1. The fourth-order valence-corrected chi connectivity index (χ4v) is 2.94. The average Bonchev–Trinajstić information content (AvgIpc) is 2.65. The molecule has 0 aliphatic carbocycles. The lowest BCUT2D eigenvalue weighted by Gasteiger charge is -2.20. The average molecular weight is 356 g/mol. The molecule has 0 saturated carbocycles. The first-order chi connectivity index (χ1) is 12.2. The molecule has 4 heteroatoms. The van der Waals surface area contributed by atoms with Crippen LogP contribution in [0.5, 0.6) is 0 Å². The molecule has 25 heavy (non-hydrogen) atoms. The maximum absolute atomic E-state index is 5.44. The monoisotopic (exact) mass is 355 g/mol. The molecule has 0 aliphatic rings. The van der Waals surface area contributed by atoms with Crippen molar-refractivity contribution in [3.63, 3.8) is 0 Å². The zero-order valence-corrected chi connectivity index (χ0v) is 16.3. The van der Waals surface area contributed by atoms with E-state index in [1.165, 1.54) is 16.7 Å². The summed E-state index contributed by atoms with van der Waals surface area (Å²) in [6.45, 7) is 10.4. The first-order valence-corrected chi connectivity index (χ1v) is 9.50. The van der Waals surface area contributed by atoms with Gasteiger partial charge in [0.1, 0.15) is 0 Å². The molecule has 0 heterocycles. The molecule has 2 rings (SSSR count). The molecule has 0 amide bonds. The molecule has 2 aromatic rings. The van der Waals surface area contributed by atoms with E-state index in [0.29, 0.717) is 5.11 Å². The molecule has 0 radical (unpaired) electrons. The number of hydrogen-bond donors (Lipinski definition) is 2. The molecule has 0 spiro atoms. The smallest absolute Gasteiger partial charge is 0.171 e. The molecule has 0 saturated heterocycles. The quantitative estimate of drug-likeness (QED) is 0.678. The predicted octanol–water partition coefficient (Wildman–Crippen LogP) is 4.58. The van der Waals surface area contributed by atoms with Crippen LogP contribution in [-0.4, -0.2) is 23.1 Å². The van der Waals surface area contributed by atoms with E-state index >= 15 is 0 Å². The molecule has 0 fully saturated rings. The molecular formula is C21H29N3S. The second kappa shape index (κ2) is 10.2. The van der Waals surface area contributed by atoms with Gasteiger partial charge < -0.3 is 10.6 Å². The summed E-state index contributed by atoms with van der Waals surface area (Å²) in [6.07, 6.45) is 1.05. The summed E-state index contributed by atoms with van der Waals surface area (Å²) in [5.41, 5.74) is 4.99. The Bertz CT molecular complexity index is 663. The Morgan fingerprint density at radius 3 is 2.16 bits per heavy atom. The van der Waals surface area contributed by atoms with E-state index in [2.05, 4.69) is 84.8 Å². The number of anilines is 1. The Kier molecular flexibility index (Phi) is 7.89. The van der Waals surface area contributed by atoms with Crippen LogP contribution in [0.25, 0.3) is 0 Å². The minimum Gasteiger partial charge on any atom is -0.358 e. The first kappa shape index (κ1) is 19.4. The highest BCUT2D eigenvalue weighted by molar-refractivity contribution is 7.80. The zero-order chi connectivity index (χ0) is 18.1. The normalized spacial score (nSPS) is 10.7. The van der Waals surface area contributed by atoms with Gasteiger partial charge in [-0.25, -0.2) is 0 Å². The van der Waals surface area contributed by atoms with E-state index < -0.39 is 0 Å². The van der Waals surface area contributed by atoms with Gasteiger partial charge in [-0.15, -0.1) is 0 Å². The zero-order valence-electron chi connectivity index (χ0n) is 15.5. The molecule has 0 aliphatic heterocycles. The molecule has 0 unspecified atom stereocenters. The number of rotatable bonds is 8. The van der Waals surface area contributed by atoms with Crippen molar-refractivity contribution in [1.29, 1.82) is 0 Å². The van der Waals surface area contributed by atoms with E-state index in [1.54, 1.807) is 0 Å². The van der Waals surface area contributed by atoms with Gasteiger partial charge in [0, 0.05) is 18.8 Å². The second-order valence-corrected chi connectivity index (χ2v) is 6.50. The van der Waals surface area contributed by atoms with Gasteiger partial charge in [0.05, 0.1) is 0 Å². The highest BCUT2D eigenvalue weighted by Crippen LogP contribution is 2.13. The van der Waals surface area contributed by atoms with Crippen LogP contribution in [0.3, 0.4) is 0 Å². The standard InChI is InChI=1S/C21H29N3S/c1-4-17-11-13-20(14-12-17)23-21(25)22-15-18-9-7-8-10-19(18)16-24(5-2)6-3/h7-14H,4-6,15-16H2,1-3H3,(H2,22,23,25). The largest absolute Gasteiger partial charge is 0.358 e. The molecular weight excluding hydrogens is 326 g/mol. The number of aryl methyl sites for hydroxylation is 1. The summed E-state index contributed by atoms with van der Waals surface area (Å²) in [4.78, 5) is 2.42. The van der Waals surface area contributed by atoms with E-state index in [-0.39, 0.29) is 0 Å². The SMILES string of the molecule is CCc1ccc(NC(=S)NCc2ccccc2CN(CC)CC)cc1. The molecule has 134 valence electrons. The highest BCUT2D eigenvalue weighted by Gasteiger charge is 2.07. The van der Waals surface area contributed by atoms with Crippen molar-refractivity contribution in [2.75, 3.05) is 18.4 Å². The van der Waals surface area contributed by atoms with Crippen molar-refractivity contribution in [1.82, 2.24) is 10.2 Å². The van der Waals surface area contributed by atoms with Gasteiger partial charge in [-0.1, -0.05) is 57.2 Å². The topological polar surface area (TPSA) is 27.3 Å². The summed E-state index contributed by atoms with van der Waals surface area (Å²) in [5.74, 6) is 0. The van der Waals surface area contributed by atoms with Crippen LogP contribution in [0.1, 0.15) is 37.5 Å². The van der Waals surface area contributed by atoms with Crippen molar-refractivity contribution in [2.24, 2.45) is 0 Å². The number of hydrogen-bond acceptors (Lipinski definition) is 2. The number of nitrogens with one attached hydrogen (secondary N) is 2. The van der Waals surface area contributed by atoms with Gasteiger partial charge in [0.2, 0.25) is 0 Å². The summed E-state index contributed by atoms with van der Waals surface area (Å²) >= 11 is 5.44. The molecule has 0 aromatic heterocycles. The van der Waals surface area contributed by atoms with Crippen molar-refractivity contribution in [2.45, 2.75) is 40.3 Å². The summed E-state index contributed by atoms with van der Waals surface area (Å²) in [7, 11) is 0. The molecule has 0 atom stereocenters. The summed E-state index contributed by atoms with van der Waals surface area (Å²) in [5, 5.41) is 7.24. The van der Waals surface area contributed by atoms with Crippen molar-refractivity contribution in [3.8, 4) is 0 Å². The lowest BCUT2D eigenvalue weighted by Crippen LogP contribution is -2.29. The Morgan fingerprint density at radius 1 is 0.920 bits per heavy atom. The van der Waals surface area contributed by atoms with Crippen LogP contribution in [0.4, 0.5) is 5.69 Å². The van der Waals surface area contributed by atoms with Gasteiger partial charge in [-0.3, -0.25) is 4.90 Å². The molecule has 2 N–H and O–H groups in total. The minimum absolute atomic E-state index is 0.655. The maximum atomic E-state index is 5.44. The summed E-state index contributed by atoms with van der Waals surface area (Å²) in [6, 6.07) is 17.0. The lowest BCUT2D eigenvalue weighted by atomic mass is 10.1. The second-order valence-electron chi connectivity index (χ2n) is 6.09. The Labute approximate surface area is 157 Å². The lowest BCUT2D eigenvalue weighted by molar-refractivity contribution is 0.295. The predicted molar refractivity (Wildman–Crippen MR) is 112 cm³/mol. The van der Waals surface area contributed by atoms with Gasteiger partial charge in [0.15, 0.2) is 5.11 Å². The van der Waals surface area contributed by atoms with E-state index in [4.69, 9.17) is 12.2 Å². The third-order valence-corrected chi connectivity index (χ3v) is 4.71. The van der Waals surface area contributed by atoms with Gasteiger partial charge in [-0.05, 0) is 60.6 Å². The fourth-order valence-electron chi connectivity index (χ4n) is 2.75. The van der Waals surface area contributed by atoms with Crippen LogP contribution in [0.2, 0.25) is 0 Å². The van der Waals surface area contributed by atoms with Crippen LogP contribution < -0.4 is 10.6 Å². The molecule has 2 aromatic carbocycles. The molecule has 3 nitrogen and oxygen atoms in total. The van der Waals surface area contributed by atoms with E-state index in [1.807, 2.05) is 0 Å². The van der Waals surface area contributed by atoms with Gasteiger partial charge in [-0.2, -0.15) is 0 Å². The maximum Gasteiger partial charge on any atom is 0.171 e. The van der Waals surface area contributed by atoms with Gasteiger partial charge >= 0.3 is 0 Å². The minimum atomic E-state index is 0.655. The third kappa shape index (κ3) is 6.15.